The summed E-state index contributed by atoms with van der Waals surface area (Å²) in [4.78, 5) is 26.1. The van der Waals surface area contributed by atoms with Crippen LogP contribution in [0.4, 0.5) is 4.79 Å². The topological polar surface area (TPSA) is 81.7 Å². The number of carboxylic acid groups (broad SMARTS) is 1. The van der Waals surface area contributed by atoms with Gasteiger partial charge in [0.15, 0.2) is 0 Å². The molecule has 3 rings (SSSR count). The van der Waals surface area contributed by atoms with Crippen LogP contribution in [0.2, 0.25) is 0 Å². The summed E-state index contributed by atoms with van der Waals surface area (Å²) in [6, 6.07) is 0.0358. The molecule has 1 heterocycles. The second kappa shape index (κ2) is 9.07. The summed E-state index contributed by atoms with van der Waals surface area (Å²) >= 11 is 0. The van der Waals surface area contributed by atoms with Crippen LogP contribution in [0.3, 0.4) is 0 Å². The van der Waals surface area contributed by atoms with Crippen molar-refractivity contribution >= 4 is 12.0 Å². The van der Waals surface area contributed by atoms with Gasteiger partial charge in [0.25, 0.3) is 0 Å². The van der Waals surface area contributed by atoms with Crippen molar-refractivity contribution in [2.24, 2.45) is 5.92 Å². The Balaban J connectivity index is 1.47. The van der Waals surface area contributed by atoms with Crippen LogP contribution in [0, 0.1) is 5.92 Å². The number of piperidine rings is 1. The zero-order valence-corrected chi connectivity index (χ0v) is 16.0. The number of urea groups is 1. The van der Waals surface area contributed by atoms with Gasteiger partial charge in [0.2, 0.25) is 0 Å². The number of likely N-dealkylation sites (tertiary alicyclic amines) is 1. The van der Waals surface area contributed by atoms with Crippen molar-refractivity contribution in [1.29, 1.82) is 0 Å². The van der Waals surface area contributed by atoms with Crippen molar-refractivity contribution in [2.75, 3.05) is 19.6 Å². The van der Waals surface area contributed by atoms with E-state index in [9.17, 15) is 9.59 Å². The first-order valence-corrected chi connectivity index (χ1v) is 10.6. The Bertz CT molecular complexity index is 477. The Morgan fingerprint density at radius 1 is 0.923 bits per heavy atom. The average Bonchev–Trinajstić information content (AvgIpc) is 2.68. The zero-order chi connectivity index (χ0) is 18.4. The first kappa shape index (κ1) is 19.5. The molecule has 2 saturated carbocycles. The van der Waals surface area contributed by atoms with Crippen LogP contribution >= 0.6 is 0 Å². The third-order valence-electron chi connectivity index (χ3n) is 6.80. The van der Waals surface area contributed by atoms with Crippen molar-refractivity contribution in [3.63, 3.8) is 0 Å². The van der Waals surface area contributed by atoms with Gasteiger partial charge in [0, 0.05) is 18.1 Å². The molecule has 26 heavy (non-hydrogen) atoms. The molecule has 3 aliphatic rings. The third-order valence-corrected chi connectivity index (χ3v) is 6.80. The number of aliphatic carboxylic acids is 1. The molecule has 2 aliphatic carbocycles. The summed E-state index contributed by atoms with van der Waals surface area (Å²) in [5.41, 5.74) is 0.150. The van der Waals surface area contributed by atoms with Gasteiger partial charge in [0.05, 0.1) is 5.92 Å². The van der Waals surface area contributed by atoms with Crippen LogP contribution in [-0.4, -0.2) is 53.2 Å². The second-order valence-corrected chi connectivity index (χ2v) is 8.55. The van der Waals surface area contributed by atoms with Gasteiger partial charge in [-0.2, -0.15) is 0 Å². The summed E-state index contributed by atoms with van der Waals surface area (Å²) in [5.74, 6) is -0.936. The summed E-state index contributed by atoms with van der Waals surface area (Å²) < 4.78 is 0. The van der Waals surface area contributed by atoms with Crippen LogP contribution < -0.4 is 10.6 Å². The van der Waals surface area contributed by atoms with E-state index in [2.05, 4.69) is 15.5 Å². The molecule has 0 aromatic carbocycles. The lowest BCUT2D eigenvalue weighted by atomic mass is 9.79. The molecule has 2 amide bonds. The fourth-order valence-corrected chi connectivity index (χ4v) is 5.15. The maximum atomic E-state index is 12.4. The molecule has 3 fully saturated rings. The molecule has 0 bridgehead atoms. The van der Waals surface area contributed by atoms with Gasteiger partial charge in [-0.3, -0.25) is 9.69 Å². The molecule has 148 valence electrons. The van der Waals surface area contributed by atoms with Crippen molar-refractivity contribution in [1.82, 2.24) is 15.5 Å². The molecule has 0 aromatic heterocycles. The number of nitrogens with one attached hydrogen (secondary N) is 2. The molecule has 6 nitrogen and oxygen atoms in total. The summed E-state index contributed by atoms with van der Waals surface area (Å²) in [6.07, 6.45) is 13.0. The monoisotopic (exact) mass is 365 g/mol. The number of nitrogens with zero attached hydrogens (tertiary/aromatic N) is 1. The predicted molar refractivity (Wildman–Crippen MR) is 101 cm³/mol. The predicted octanol–water partition coefficient (Wildman–Crippen LogP) is 3.12. The summed E-state index contributed by atoms with van der Waals surface area (Å²) in [5, 5.41) is 15.3. The highest BCUT2D eigenvalue weighted by atomic mass is 16.4. The number of hydrogen-bond acceptors (Lipinski definition) is 3. The minimum Gasteiger partial charge on any atom is -0.481 e. The van der Waals surface area contributed by atoms with Crippen molar-refractivity contribution in [3.05, 3.63) is 0 Å². The summed E-state index contributed by atoms with van der Waals surface area (Å²) in [7, 11) is 0. The van der Waals surface area contributed by atoms with Gasteiger partial charge in [-0.1, -0.05) is 25.7 Å². The molecule has 1 aliphatic heterocycles. The Kier molecular flexibility index (Phi) is 6.79. The van der Waals surface area contributed by atoms with E-state index in [0.29, 0.717) is 12.8 Å². The Morgan fingerprint density at radius 3 is 2.15 bits per heavy atom. The maximum absolute atomic E-state index is 12.4. The maximum Gasteiger partial charge on any atom is 0.315 e. The molecule has 0 aromatic rings. The average molecular weight is 366 g/mol. The zero-order valence-electron chi connectivity index (χ0n) is 16.0. The highest BCUT2D eigenvalue weighted by molar-refractivity contribution is 5.74. The number of carbonyl (C=O) groups excluding carboxylic acids is 1. The van der Waals surface area contributed by atoms with E-state index in [1.54, 1.807) is 0 Å². The van der Waals surface area contributed by atoms with E-state index in [4.69, 9.17) is 5.11 Å². The highest BCUT2D eigenvalue weighted by Gasteiger charge is 2.38. The number of rotatable bonds is 5. The Labute approximate surface area is 157 Å². The molecule has 1 saturated heterocycles. The molecule has 6 heteroatoms. The smallest absolute Gasteiger partial charge is 0.315 e. The molecule has 0 radical (unpaired) electrons. The normalized spacial score (nSPS) is 29.7. The molecule has 3 N–H and O–H groups in total. The highest BCUT2D eigenvalue weighted by Crippen LogP contribution is 2.35. The lowest BCUT2D eigenvalue weighted by Gasteiger charge is -2.48. The fourth-order valence-electron chi connectivity index (χ4n) is 5.15. The third kappa shape index (κ3) is 4.90. The minimum absolute atomic E-state index is 0.0780. The van der Waals surface area contributed by atoms with Gasteiger partial charge >= 0.3 is 12.0 Å². The number of carboxylic acids is 1. The van der Waals surface area contributed by atoms with Gasteiger partial charge in [-0.15, -0.1) is 0 Å². The standard InChI is InChI=1S/C20H35N3O3/c24-18(25)16-7-9-17(10-8-16)22-19(26)21-15-20(11-3-1-4-12-20)23-13-5-2-6-14-23/h16-17H,1-15H2,(H,24,25)(H2,21,22,26). The molecular formula is C20H35N3O3. The molecule has 0 atom stereocenters. The van der Waals surface area contributed by atoms with Gasteiger partial charge < -0.3 is 15.7 Å². The van der Waals surface area contributed by atoms with Gasteiger partial charge in [-0.05, 0) is 64.5 Å². The fraction of sp³-hybridized carbons (Fsp3) is 0.900. The van der Waals surface area contributed by atoms with Crippen LogP contribution in [0.15, 0.2) is 0 Å². The second-order valence-electron chi connectivity index (χ2n) is 8.55. The van der Waals surface area contributed by atoms with E-state index in [0.717, 1.165) is 19.4 Å². The van der Waals surface area contributed by atoms with Crippen LogP contribution in [0.25, 0.3) is 0 Å². The van der Waals surface area contributed by atoms with E-state index < -0.39 is 5.97 Å². The first-order valence-electron chi connectivity index (χ1n) is 10.6. The van der Waals surface area contributed by atoms with Crippen molar-refractivity contribution < 1.29 is 14.7 Å². The number of carbonyl (C=O) groups is 2. The summed E-state index contributed by atoms with van der Waals surface area (Å²) in [6.45, 7) is 3.08. The van der Waals surface area contributed by atoms with Crippen LogP contribution in [-0.2, 0) is 4.79 Å². The van der Waals surface area contributed by atoms with E-state index >= 15 is 0 Å². The van der Waals surface area contributed by atoms with E-state index in [-0.39, 0.29) is 23.5 Å². The van der Waals surface area contributed by atoms with Crippen LogP contribution in [0.5, 0.6) is 0 Å². The quantitative estimate of drug-likeness (QED) is 0.699. The van der Waals surface area contributed by atoms with Crippen LogP contribution in [0.1, 0.15) is 77.0 Å². The number of hydrogen-bond donors (Lipinski definition) is 3. The largest absolute Gasteiger partial charge is 0.481 e. The molecular weight excluding hydrogens is 330 g/mol. The van der Waals surface area contributed by atoms with Gasteiger partial charge in [0.1, 0.15) is 0 Å². The van der Waals surface area contributed by atoms with E-state index in [1.165, 1.54) is 64.5 Å². The molecule has 0 unspecified atom stereocenters. The van der Waals surface area contributed by atoms with Gasteiger partial charge in [-0.25, -0.2) is 4.79 Å². The van der Waals surface area contributed by atoms with E-state index in [1.807, 2.05) is 0 Å². The first-order chi connectivity index (χ1) is 12.6. The number of amides is 2. The lowest BCUT2D eigenvalue weighted by Crippen LogP contribution is -2.59. The Hall–Kier alpha value is -1.30. The minimum atomic E-state index is -0.700. The lowest BCUT2D eigenvalue weighted by molar-refractivity contribution is -0.142. The Morgan fingerprint density at radius 2 is 1.54 bits per heavy atom. The van der Waals surface area contributed by atoms with Crippen molar-refractivity contribution in [3.8, 4) is 0 Å². The molecule has 0 spiro atoms. The van der Waals surface area contributed by atoms with Crippen molar-refractivity contribution in [2.45, 2.75) is 88.6 Å². The SMILES string of the molecule is O=C(NCC1(N2CCCCC2)CCCCC1)NC1CCC(C(=O)O)CC1.